The second-order valence-corrected chi connectivity index (χ2v) is 5.31. The largest absolute Gasteiger partial charge is 0.338 e. The zero-order valence-electron chi connectivity index (χ0n) is 12.7. The van der Waals surface area contributed by atoms with E-state index in [1.807, 2.05) is 20.9 Å². The highest BCUT2D eigenvalue weighted by Crippen LogP contribution is 2.06. The van der Waals surface area contributed by atoms with Crippen LogP contribution in [0, 0.1) is 0 Å². The van der Waals surface area contributed by atoms with Gasteiger partial charge in [-0.2, -0.15) is 0 Å². The molecule has 0 rings (SSSR count). The number of nitrogens with zero attached hydrogens (tertiary/aromatic N) is 1. The van der Waals surface area contributed by atoms with Crippen LogP contribution in [0.15, 0.2) is 34.9 Å². The SMILES string of the molecule is CC(C)=CCC/C(C)=C/CN(C)C(=O)C=C(C)C. The average molecular weight is 249 g/mol. The van der Waals surface area contributed by atoms with E-state index in [0.717, 1.165) is 18.4 Å². The molecule has 0 unspecified atom stereocenters. The molecule has 0 aliphatic heterocycles. The molecule has 2 heteroatoms. The van der Waals surface area contributed by atoms with Crippen LogP contribution in [0.25, 0.3) is 0 Å². The summed E-state index contributed by atoms with van der Waals surface area (Å²) >= 11 is 0. The Bertz CT molecular complexity index is 353. The molecule has 0 aromatic carbocycles. The molecule has 0 atom stereocenters. The van der Waals surface area contributed by atoms with Gasteiger partial charge in [0.25, 0.3) is 0 Å². The van der Waals surface area contributed by atoms with Crippen molar-refractivity contribution in [3.05, 3.63) is 34.9 Å². The van der Waals surface area contributed by atoms with Gasteiger partial charge in [0.1, 0.15) is 0 Å². The Morgan fingerprint density at radius 3 is 2.11 bits per heavy atom. The van der Waals surface area contributed by atoms with Gasteiger partial charge in [0.15, 0.2) is 0 Å². The molecule has 1 amide bonds. The van der Waals surface area contributed by atoms with Crippen molar-refractivity contribution >= 4 is 5.91 Å². The summed E-state index contributed by atoms with van der Waals surface area (Å²) in [7, 11) is 1.83. The number of carbonyl (C=O) groups excluding carboxylic acids is 1. The van der Waals surface area contributed by atoms with Crippen molar-refractivity contribution in [2.24, 2.45) is 0 Å². The fraction of sp³-hybridized carbons (Fsp3) is 0.562. The van der Waals surface area contributed by atoms with Gasteiger partial charge in [-0.3, -0.25) is 4.79 Å². The normalized spacial score (nSPS) is 10.9. The number of amides is 1. The maximum Gasteiger partial charge on any atom is 0.246 e. The highest BCUT2D eigenvalue weighted by molar-refractivity contribution is 5.88. The zero-order valence-corrected chi connectivity index (χ0v) is 12.7. The Morgan fingerprint density at radius 2 is 1.61 bits per heavy atom. The van der Waals surface area contributed by atoms with Crippen molar-refractivity contribution in [2.45, 2.75) is 47.5 Å². The lowest BCUT2D eigenvalue weighted by Gasteiger charge is -2.13. The summed E-state index contributed by atoms with van der Waals surface area (Å²) in [6, 6.07) is 0. The predicted octanol–water partition coefficient (Wildman–Crippen LogP) is 4.10. The molecule has 0 N–H and O–H groups in total. The molecule has 0 bridgehead atoms. The van der Waals surface area contributed by atoms with Crippen LogP contribution in [0.1, 0.15) is 47.5 Å². The Hall–Kier alpha value is -1.31. The van der Waals surface area contributed by atoms with Gasteiger partial charge in [0.2, 0.25) is 5.91 Å². The average Bonchev–Trinajstić information content (AvgIpc) is 2.24. The number of hydrogen-bond acceptors (Lipinski definition) is 1. The first kappa shape index (κ1) is 16.7. The molecule has 0 saturated heterocycles. The van der Waals surface area contributed by atoms with E-state index >= 15 is 0 Å². The number of hydrogen-bond donors (Lipinski definition) is 0. The van der Waals surface area contributed by atoms with Crippen molar-refractivity contribution < 1.29 is 4.79 Å². The summed E-state index contributed by atoms with van der Waals surface area (Å²) in [4.78, 5) is 13.4. The highest BCUT2D eigenvalue weighted by Gasteiger charge is 2.02. The Labute approximate surface area is 112 Å². The number of likely N-dealkylation sites (N-methyl/N-ethyl adjacent to an activating group) is 1. The monoisotopic (exact) mass is 249 g/mol. The lowest BCUT2D eigenvalue weighted by Crippen LogP contribution is -2.25. The summed E-state index contributed by atoms with van der Waals surface area (Å²) < 4.78 is 0. The van der Waals surface area contributed by atoms with Gasteiger partial charge in [-0.25, -0.2) is 0 Å². The zero-order chi connectivity index (χ0) is 14.1. The van der Waals surface area contributed by atoms with Gasteiger partial charge in [-0.1, -0.05) is 28.9 Å². The first-order chi connectivity index (χ1) is 8.32. The highest BCUT2D eigenvalue weighted by atomic mass is 16.2. The molecule has 2 nitrogen and oxygen atoms in total. The molecule has 0 saturated carbocycles. The molecule has 0 aliphatic rings. The fourth-order valence-corrected chi connectivity index (χ4v) is 1.43. The Morgan fingerprint density at radius 1 is 1.00 bits per heavy atom. The second-order valence-electron chi connectivity index (χ2n) is 5.31. The maximum atomic E-state index is 11.7. The second kappa shape index (κ2) is 8.73. The molecule has 0 heterocycles. The lowest BCUT2D eigenvalue weighted by atomic mass is 10.1. The van der Waals surface area contributed by atoms with Crippen LogP contribution in [0.2, 0.25) is 0 Å². The molecule has 0 radical (unpaired) electrons. The van der Waals surface area contributed by atoms with Crippen LogP contribution in [-0.4, -0.2) is 24.4 Å². The lowest BCUT2D eigenvalue weighted by molar-refractivity contribution is -0.124. The van der Waals surface area contributed by atoms with Crippen LogP contribution in [0.4, 0.5) is 0 Å². The molecule has 0 spiro atoms. The summed E-state index contributed by atoms with van der Waals surface area (Å²) in [6.45, 7) is 10.9. The van der Waals surface area contributed by atoms with Crippen LogP contribution >= 0.6 is 0 Å². The van der Waals surface area contributed by atoms with E-state index in [2.05, 4.69) is 32.9 Å². The maximum absolute atomic E-state index is 11.7. The molecule has 18 heavy (non-hydrogen) atoms. The summed E-state index contributed by atoms with van der Waals surface area (Å²) in [5.41, 5.74) is 3.74. The smallest absolute Gasteiger partial charge is 0.246 e. The van der Waals surface area contributed by atoms with Crippen molar-refractivity contribution in [1.82, 2.24) is 4.90 Å². The summed E-state index contributed by atoms with van der Waals surface area (Å²) in [5.74, 6) is 0.0725. The van der Waals surface area contributed by atoms with E-state index in [9.17, 15) is 4.79 Å². The predicted molar refractivity (Wildman–Crippen MR) is 79.5 cm³/mol. The molecule has 0 aromatic heterocycles. The molecular formula is C16H27NO. The van der Waals surface area contributed by atoms with E-state index < -0.39 is 0 Å². The van der Waals surface area contributed by atoms with E-state index in [-0.39, 0.29) is 5.91 Å². The first-order valence-corrected chi connectivity index (χ1v) is 6.52. The van der Waals surface area contributed by atoms with Crippen LogP contribution in [-0.2, 0) is 4.79 Å². The Kier molecular flexibility index (Phi) is 8.10. The molecular weight excluding hydrogens is 222 g/mol. The van der Waals surface area contributed by atoms with E-state index in [4.69, 9.17) is 0 Å². The van der Waals surface area contributed by atoms with Gasteiger partial charge in [0.05, 0.1) is 0 Å². The number of carbonyl (C=O) groups is 1. The van der Waals surface area contributed by atoms with E-state index in [0.29, 0.717) is 6.54 Å². The Balaban J connectivity index is 4.17. The topological polar surface area (TPSA) is 20.3 Å². The van der Waals surface area contributed by atoms with Gasteiger partial charge >= 0.3 is 0 Å². The van der Waals surface area contributed by atoms with Gasteiger partial charge in [-0.05, 0) is 47.5 Å². The van der Waals surface area contributed by atoms with Gasteiger partial charge in [-0.15, -0.1) is 0 Å². The molecule has 102 valence electrons. The quantitative estimate of drug-likeness (QED) is 0.512. The van der Waals surface area contributed by atoms with Gasteiger partial charge < -0.3 is 4.90 Å². The molecule has 0 aliphatic carbocycles. The first-order valence-electron chi connectivity index (χ1n) is 6.52. The van der Waals surface area contributed by atoms with Crippen molar-refractivity contribution in [2.75, 3.05) is 13.6 Å². The van der Waals surface area contributed by atoms with E-state index in [1.165, 1.54) is 11.1 Å². The third-order valence-electron chi connectivity index (χ3n) is 2.59. The number of allylic oxidation sites excluding steroid dienone is 4. The fourth-order valence-electron chi connectivity index (χ4n) is 1.43. The van der Waals surface area contributed by atoms with Gasteiger partial charge in [0, 0.05) is 19.7 Å². The van der Waals surface area contributed by atoms with Crippen LogP contribution < -0.4 is 0 Å². The minimum Gasteiger partial charge on any atom is -0.338 e. The summed E-state index contributed by atoms with van der Waals surface area (Å²) in [6.07, 6.45) is 8.20. The number of rotatable bonds is 6. The standard InChI is InChI=1S/C16H27NO/c1-13(2)8-7-9-15(5)10-11-17(6)16(18)12-14(3)4/h8,10,12H,7,9,11H2,1-6H3/b15-10+. The van der Waals surface area contributed by atoms with Crippen molar-refractivity contribution in [3.63, 3.8) is 0 Å². The van der Waals surface area contributed by atoms with Crippen molar-refractivity contribution in [3.8, 4) is 0 Å². The van der Waals surface area contributed by atoms with Crippen molar-refractivity contribution in [1.29, 1.82) is 0 Å². The third-order valence-corrected chi connectivity index (χ3v) is 2.59. The third kappa shape index (κ3) is 8.80. The summed E-state index contributed by atoms with van der Waals surface area (Å²) in [5, 5.41) is 0. The molecule has 0 fully saturated rings. The molecule has 0 aromatic rings. The van der Waals surface area contributed by atoms with Crippen LogP contribution in [0.3, 0.4) is 0 Å². The van der Waals surface area contributed by atoms with E-state index in [1.54, 1.807) is 11.0 Å². The minimum atomic E-state index is 0.0725. The van der Waals surface area contributed by atoms with Crippen LogP contribution in [0.5, 0.6) is 0 Å². The minimum absolute atomic E-state index is 0.0725.